The molecule has 0 aliphatic heterocycles. The first kappa shape index (κ1) is 8.96. The predicted molar refractivity (Wildman–Crippen MR) is 64.0 cm³/mol. The van der Waals surface area contributed by atoms with Gasteiger partial charge in [-0.05, 0) is 29.4 Å². The van der Waals surface area contributed by atoms with E-state index in [0.717, 1.165) is 5.92 Å². The molecular formula is C15H16. The first-order chi connectivity index (χ1) is 7.42. The maximum atomic E-state index is 2.39. The molecule has 0 bridgehead atoms. The third-order valence-corrected chi connectivity index (χ3v) is 3.84. The monoisotopic (exact) mass is 196 g/mol. The van der Waals surface area contributed by atoms with E-state index in [9.17, 15) is 0 Å². The minimum absolute atomic E-state index is 0.635. The van der Waals surface area contributed by atoms with Gasteiger partial charge in [-0.1, -0.05) is 55.5 Å². The largest absolute Gasteiger partial charge is 0.0799 e. The van der Waals surface area contributed by atoms with Crippen LogP contribution in [0.15, 0.2) is 48.6 Å². The summed E-state index contributed by atoms with van der Waals surface area (Å²) in [5.74, 6) is 2.07. The molecule has 0 heteroatoms. The zero-order valence-electron chi connectivity index (χ0n) is 9.06. The molecule has 3 unspecified atom stereocenters. The summed E-state index contributed by atoms with van der Waals surface area (Å²) in [6.07, 6.45) is 10.4. The van der Waals surface area contributed by atoms with Gasteiger partial charge in [0, 0.05) is 5.92 Å². The first-order valence-corrected chi connectivity index (χ1v) is 5.85. The van der Waals surface area contributed by atoms with Crippen molar-refractivity contribution in [2.75, 3.05) is 0 Å². The topological polar surface area (TPSA) is 0 Å². The van der Waals surface area contributed by atoms with Crippen molar-refractivity contribution in [2.24, 2.45) is 5.92 Å². The molecule has 2 aliphatic rings. The highest BCUT2D eigenvalue weighted by Crippen LogP contribution is 2.50. The Morgan fingerprint density at radius 3 is 2.53 bits per heavy atom. The van der Waals surface area contributed by atoms with Crippen molar-refractivity contribution in [3.05, 3.63) is 59.7 Å². The van der Waals surface area contributed by atoms with Gasteiger partial charge >= 0.3 is 0 Å². The Kier molecular flexibility index (Phi) is 2.02. The zero-order valence-corrected chi connectivity index (χ0v) is 9.06. The summed E-state index contributed by atoms with van der Waals surface area (Å²) in [6, 6.07) is 8.95. The van der Waals surface area contributed by atoms with Crippen LogP contribution in [0.25, 0.3) is 0 Å². The summed E-state index contributed by atoms with van der Waals surface area (Å²) in [4.78, 5) is 0. The number of fused-ring (bicyclic) bond motifs is 3. The van der Waals surface area contributed by atoms with E-state index in [2.05, 4.69) is 55.5 Å². The Balaban J connectivity index is 2.14. The highest BCUT2D eigenvalue weighted by atomic mass is 14.4. The number of allylic oxidation sites excluding steroid dienone is 4. The van der Waals surface area contributed by atoms with Gasteiger partial charge in [0.15, 0.2) is 0 Å². The van der Waals surface area contributed by atoms with E-state index in [1.54, 1.807) is 11.1 Å². The molecule has 1 aromatic rings. The lowest BCUT2D eigenvalue weighted by molar-refractivity contribution is 0.499. The standard InChI is InChI=1S/C15H16/c1-2-11-12-7-3-5-9-14(12)15-10-6-4-8-13(11)15/h3-12,14H,2H2,1H3. The molecular weight excluding hydrogens is 180 g/mol. The van der Waals surface area contributed by atoms with Gasteiger partial charge in [0.25, 0.3) is 0 Å². The van der Waals surface area contributed by atoms with Gasteiger partial charge in [0.1, 0.15) is 0 Å². The third-order valence-electron chi connectivity index (χ3n) is 3.84. The first-order valence-electron chi connectivity index (χ1n) is 5.85. The van der Waals surface area contributed by atoms with Crippen LogP contribution in [0.5, 0.6) is 0 Å². The van der Waals surface area contributed by atoms with E-state index in [0.29, 0.717) is 11.8 Å². The fourth-order valence-corrected chi connectivity index (χ4v) is 3.17. The number of hydrogen-bond acceptors (Lipinski definition) is 0. The third kappa shape index (κ3) is 1.21. The average molecular weight is 196 g/mol. The molecule has 0 spiro atoms. The van der Waals surface area contributed by atoms with Crippen LogP contribution >= 0.6 is 0 Å². The molecule has 3 rings (SSSR count). The van der Waals surface area contributed by atoms with Crippen LogP contribution in [-0.4, -0.2) is 0 Å². The quantitative estimate of drug-likeness (QED) is 0.636. The van der Waals surface area contributed by atoms with Crippen molar-refractivity contribution in [2.45, 2.75) is 25.2 Å². The molecule has 0 fully saturated rings. The second-order valence-corrected chi connectivity index (χ2v) is 4.52. The van der Waals surface area contributed by atoms with Crippen LogP contribution in [0.3, 0.4) is 0 Å². The highest BCUT2D eigenvalue weighted by molar-refractivity contribution is 5.46. The van der Waals surface area contributed by atoms with E-state index < -0.39 is 0 Å². The molecule has 0 saturated carbocycles. The smallest absolute Gasteiger partial charge is 0.00927 e. The van der Waals surface area contributed by atoms with Crippen molar-refractivity contribution in [3.63, 3.8) is 0 Å². The summed E-state index contributed by atoms with van der Waals surface area (Å²) >= 11 is 0. The zero-order chi connectivity index (χ0) is 10.3. The Morgan fingerprint density at radius 2 is 1.73 bits per heavy atom. The molecule has 0 aromatic heterocycles. The lowest BCUT2D eigenvalue weighted by atomic mass is 9.83. The lowest BCUT2D eigenvalue weighted by Gasteiger charge is -2.21. The fourth-order valence-electron chi connectivity index (χ4n) is 3.17. The maximum Gasteiger partial charge on any atom is 0.00927 e. The molecule has 0 nitrogen and oxygen atoms in total. The average Bonchev–Trinajstić information content (AvgIpc) is 2.63. The van der Waals surface area contributed by atoms with Crippen molar-refractivity contribution in [1.82, 2.24) is 0 Å². The van der Waals surface area contributed by atoms with E-state index in [-0.39, 0.29) is 0 Å². The van der Waals surface area contributed by atoms with Crippen LogP contribution in [0.2, 0.25) is 0 Å². The van der Waals surface area contributed by atoms with E-state index in [1.165, 1.54) is 6.42 Å². The van der Waals surface area contributed by atoms with Gasteiger partial charge in [-0.25, -0.2) is 0 Å². The normalized spacial score (nSPS) is 31.4. The molecule has 0 N–H and O–H groups in total. The predicted octanol–water partition coefficient (Wildman–Crippen LogP) is 4.02. The van der Waals surface area contributed by atoms with Gasteiger partial charge in [-0.2, -0.15) is 0 Å². The SMILES string of the molecule is CCC1c2ccccc2C2C=CC=CC21. The number of rotatable bonds is 1. The minimum atomic E-state index is 0.635. The lowest BCUT2D eigenvalue weighted by Crippen LogP contribution is -2.09. The van der Waals surface area contributed by atoms with Crippen molar-refractivity contribution >= 4 is 0 Å². The Hall–Kier alpha value is -1.30. The molecule has 0 heterocycles. The summed E-state index contributed by atoms with van der Waals surface area (Å²) < 4.78 is 0. The molecule has 1 aromatic carbocycles. The minimum Gasteiger partial charge on any atom is -0.0799 e. The van der Waals surface area contributed by atoms with E-state index in [4.69, 9.17) is 0 Å². The van der Waals surface area contributed by atoms with E-state index in [1.807, 2.05) is 0 Å². The van der Waals surface area contributed by atoms with Crippen LogP contribution in [0, 0.1) is 5.92 Å². The molecule has 0 saturated heterocycles. The Labute approximate surface area is 91.3 Å². The van der Waals surface area contributed by atoms with Crippen LogP contribution in [0.4, 0.5) is 0 Å². The summed E-state index contributed by atoms with van der Waals surface area (Å²) in [6.45, 7) is 2.30. The molecule has 15 heavy (non-hydrogen) atoms. The van der Waals surface area contributed by atoms with Crippen LogP contribution in [-0.2, 0) is 0 Å². The van der Waals surface area contributed by atoms with Crippen molar-refractivity contribution in [3.8, 4) is 0 Å². The van der Waals surface area contributed by atoms with Gasteiger partial charge in [-0.3, -0.25) is 0 Å². The second kappa shape index (κ2) is 3.37. The Morgan fingerprint density at radius 1 is 1.00 bits per heavy atom. The molecule has 3 atom stereocenters. The van der Waals surface area contributed by atoms with Crippen LogP contribution in [0.1, 0.15) is 36.3 Å². The maximum absolute atomic E-state index is 2.39. The summed E-state index contributed by atoms with van der Waals surface area (Å²) in [7, 11) is 0. The summed E-state index contributed by atoms with van der Waals surface area (Å²) in [5.41, 5.74) is 3.13. The van der Waals surface area contributed by atoms with Crippen molar-refractivity contribution in [1.29, 1.82) is 0 Å². The highest BCUT2D eigenvalue weighted by Gasteiger charge is 2.36. The molecule has 76 valence electrons. The van der Waals surface area contributed by atoms with Crippen LogP contribution < -0.4 is 0 Å². The number of hydrogen-bond donors (Lipinski definition) is 0. The summed E-state index contributed by atoms with van der Waals surface area (Å²) in [5, 5.41) is 0. The fraction of sp³-hybridized carbons (Fsp3) is 0.333. The van der Waals surface area contributed by atoms with Gasteiger partial charge in [0.05, 0.1) is 0 Å². The number of benzene rings is 1. The molecule has 0 radical (unpaired) electrons. The molecule has 2 aliphatic carbocycles. The van der Waals surface area contributed by atoms with Gasteiger partial charge < -0.3 is 0 Å². The van der Waals surface area contributed by atoms with Gasteiger partial charge in [0.2, 0.25) is 0 Å². The second-order valence-electron chi connectivity index (χ2n) is 4.52. The molecule has 0 amide bonds. The van der Waals surface area contributed by atoms with E-state index >= 15 is 0 Å². The van der Waals surface area contributed by atoms with Crippen molar-refractivity contribution < 1.29 is 0 Å². The van der Waals surface area contributed by atoms with Gasteiger partial charge in [-0.15, -0.1) is 0 Å². The Bertz CT molecular complexity index is 425.